The topological polar surface area (TPSA) is 113 Å². The minimum absolute atomic E-state index is 0.0832. The van der Waals surface area contributed by atoms with Crippen LogP contribution in [0.3, 0.4) is 0 Å². The third kappa shape index (κ3) is 4.31. The molecule has 2 N–H and O–H groups in total. The predicted octanol–water partition coefficient (Wildman–Crippen LogP) is 4.31. The molecule has 31 heavy (non-hydrogen) atoms. The molecule has 1 heterocycles. The van der Waals surface area contributed by atoms with Gasteiger partial charge in [-0.05, 0) is 30.2 Å². The van der Waals surface area contributed by atoms with Gasteiger partial charge in [0.2, 0.25) is 4.80 Å². The third-order valence-electron chi connectivity index (χ3n) is 4.68. The minimum atomic E-state index is -0.731. The van der Waals surface area contributed by atoms with Crippen molar-refractivity contribution in [2.24, 2.45) is 10.2 Å². The van der Waals surface area contributed by atoms with Gasteiger partial charge in [0.1, 0.15) is 5.75 Å². The van der Waals surface area contributed by atoms with E-state index >= 15 is 0 Å². The van der Waals surface area contributed by atoms with E-state index in [1.54, 1.807) is 0 Å². The molecule has 8 nitrogen and oxygen atoms in total. The van der Waals surface area contributed by atoms with Crippen LogP contribution in [0.15, 0.2) is 70.9 Å². The van der Waals surface area contributed by atoms with Gasteiger partial charge in [0.15, 0.2) is 5.75 Å². The quantitative estimate of drug-likeness (QED) is 0.277. The molecule has 0 aliphatic heterocycles. The van der Waals surface area contributed by atoms with Crippen molar-refractivity contribution in [1.29, 1.82) is 0 Å². The lowest BCUT2D eigenvalue weighted by Gasteiger charge is -2.05. The fourth-order valence-corrected chi connectivity index (χ4v) is 4.23. The first kappa shape index (κ1) is 20.3. The highest BCUT2D eigenvalue weighted by atomic mass is 32.1. The fourth-order valence-electron chi connectivity index (χ4n) is 3.15. The van der Waals surface area contributed by atoms with Gasteiger partial charge in [0.25, 0.3) is 0 Å². The molecule has 0 atom stereocenters. The lowest BCUT2D eigenvalue weighted by Crippen LogP contribution is -2.15. The van der Waals surface area contributed by atoms with Gasteiger partial charge in [0, 0.05) is 17.7 Å². The second kappa shape index (κ2) is 8.41. The summed E-state index contributed by atoms with van der Waals surface area (Å²) < 4.78 is 3.11. The molecule has 0 saturated heterocycles. The first-order valence-corrected chi connectivity index (χ1v) is 10.2. The molecule has 0 unspecified atom stereocenters. The predicted molar refractivity (Wildman–Crippen MR) is 120 cm³/mol. The number of nitro benzene ring substituents is 1. The standard InChI is InChI=1S/C22H18N4O4S/c1-14-7-8-17-21(9-14)31-22(25(17)13-15-5-3-2-4-6-15)24-23-12-16-10-18(26(29)30)20(28)11-19(16)27/h2-12,27-28H,13H2,1H3/b23-12+,24-22-. The average molecular weight is 434 g/mol. The van der Waals surface area contributed by atoms with Gasteiger partial charge < -0.3 is 14.8 Å². The van der Waals surface area contributed by atoms with Crippen LogP contribution in [-0.4, -0.2) is 25.9 Å². The van der Waals surface area contributed by atoms with E-state index in [0.29, 0.717) is 11.3 Å². The molecule has 0 bridgehead atoms. The zero-order chi connectivity index (χ0) is 22.0. The minimum Gasteiger partial charge on any atom is -0.507 e. The normalized spacial score (nSPS) is 12.1. The summed E-state index contributed by atoms with van der Waals surface area (Å²) in [5, 5.41) is 38.9. The Balaban J connectivity index is 1.78. The van der Waals surface area contributed by atoms with Crippen molar-refractivity contribution in [2.45, 2.75) is 13.5 Å². The van der Waals surface area contributed by atoms with E-state index in [9.17, 15) is 20.3 Å². The number of benzene rings is 3. The molecule has 4 aromatic rings. The third-order valence-corrected chi connectivity index (χ3v) is 5.71. The highest BCUT2D eigenvalue weighted by molar-refractivity contribution is 7.16. The van der Waals surface area contributed by atoms with Crippen LogP contribution in [0.25, 0.3) is 10.2 Å². The fraction of sp³-hybridized carbons (Fsp3) is 0.0909. The summed E-state index contributed by atoms with van der Waals surface area (Å²) in [6.45, 7) is 2.63. The molecule has 156 valence electrons. The molecule has 0 saturated carbocycles. The van der Waals surface area contributed by atoms with Gasteiger partial charge in [-0.3, -0.25) is 10.1 Å². The van der Waals surface area contributed by atoms with Crippen molar-refractivity contribution in [3.05, 3.63) is 92.3 Å². The number of rotatable bonds is 5. The maximum atomic E-state index is 11.0. The largest absolute Gasteiger partial charge is 0.507 e. The van der Waals surface area contributed by atoms with E-state index in [4.69, 9.17) is 0 Å². The maximum absolute atomic E-state index is 11.0. The van der Waals surface area contributed by atoms with E-state index in [1.807, 2.05) is 54.0 Å². The molecule has 1 aromatic heterocycles. The summed E-state index contributed by atoms with van der Waals surface area (Å²) in [5.74, 6) is -0.941. The monoisotopic (exact) mass is 434 g/mol. The Morgan fingerprint density at radius 3 is 2.61 bits per heavy atom. The number of hydrogen-bond donors (Lipinski definition) is 2. The Hall–Kier alpha value is -3.98. The molecule has 9 heteroatoms. The molecule has 4 rings (SSSR count). The number of fused-ring (bicyclic) bond motifs is 1. The first-order valence-electron chi connectivity index (χ1n) is 9.34. The Bertz CT molecular complexity index is 1370. The summed E-state index contributed by atoms with van der Waals surface area (Å²) in [5.41, 5.74) is 2.84. The van der Waals surface area contributed by atoms with Crippen LogP contribution in [0.4, 0.5) is 5.69 Å². The molecule has 0 amide bonds. The van der Waals surface area contributed by atoms with Crippen molar-refractivity contribution in [2.75, 3.05) is 0 Å². The van der Waals surface area contributed by atoms with Crippen molar-refractivity contribution in [3.63, 3.8) is 0 Å². The van der Waals surface area contributed by atoms with Gasteiger partial charge in [0.05, 0.1) is 27.9 Å². The zero-order valence-electron chi connectivity index (χ0n) is 16.5. The van der Waals surface area contributed by atoms with Crippen LogP contribution in [-0.2, 0) is 6.54 Å². The molecular formula is C22H18N4O4S. The smallest absolute Gasteiger partial charge is 0.311 e. The van der Waals surface area contributed by atoms with Crippen LogP contribution in [0.2, 0.25) is 0 Å². The van der Waals surface area contributed by atoms with E-state index in [1.165, 1.54) is 17.6 Å². The van der Waals surface area contributed by atoms with Gasteiger partial charge in [-0.2, -0.15) is 5.10 Å². The lowest BCUT2D eigenvalue weighted by molar-refractivity contribution is -0.385. The number of nitrogens with zero attached hydrogens (tertiary/aromatic N) is 4. The Morgan fingerprint density at radius 1 is 1.10 bits per heavy atom. The number of hydrogen-bond acceptors (Lipinski definition) is 7. The molecule has 0 fully saturated rings. The summed E-state index contributed by atoms with van der Waals surface area (Å²) in [6, 6.07) is 18.1. The number of thiazole rings is 1. The van der Waals surface area contributed by atoms with Crippen LogP contribution >= 0.6 is 11.3 Å². The maximum Gasteiger partial charge on any atom is 0.311 e. The van der Waals surface area contributed by atoms with Crippen LogP contribution in [0.5, 0.6) is 11.5 Å². The van der Waals surface area contributed by atoms with Crippen molar-refractivity contribution >= 4 is 33.5 Å². The van der Waals surface area contributed by atoms with E-state index in [0.717, 1.165) is 33.5 Å². The van der Waals surface area contributed by atoms with Crippen molar-refractivity contribution < 1.29 is 15.1 Å². The number of nitro groups is 1. The van der Waals surface area contributed by atoms with Gasteiger partial charge in [-0.1, -0.05) is 47.7 Å². The summed E-state index contributed by atoms with van der Waals surface area (Å²) in [4.78, 5) is 10.9. The Labute approximate surface area is 180 Å². The summed E-state index contributed by atoms with van der Waals surface area (Å²) >= 11 is 1.48. The van der Waals surface area contributed by atoms with Crippen LogP contribution in [0.1, 0.15) is 16.7 Å². The van der Waals surface area contributed by atoms with Crippen molar-refractivity contribution in [1.82, 2.24) is 4.57 Å². The van der Waals surface area contributed by atoms with Gasteiger partial charge in [-0.15, -0.1) is 5.10 Å². The number of aromatic nitrogens is 1. The lowest BCUT2D eigenvalue weighted by atomic mass is 10.2. The zero-order valence-corrected chi connectivity index (χ0v) is 17.3. The molecule has 0 aliphatic carbocycles. The highest BCUT2D eigenvalue weighted by Gasteiger charge is 2.16. The van der Waals surface area contributed by atoms with E-state index < -0.39 is 16.4 Å². The molecular weight excluding hydrogens is 416 g/mol. The molecule has 0 spiro atoms. The summed E-state index contributed by atoms with van der Waals surface area (Å²) in [6.07, 6.45) is 1.23. The first-order chi connectivity index (χ1) is 14.9. The highest BCUT2D eigenvalue weighted by Crippen LogP contribution is 2.32. The molecule has 0 radical (unpaired) electrons. The molecule has 3 aromatic carbocycles. The Morgan fingerprint density at radius 2 is 1.87 bits per heavy atom. The summed E-state index contributed by atoms with van der Waals surface area (Å²) in [7, 11) is 0. The van der Waals surface area contributed by atoms with Gasteiger partial charge >= 0.3 is 5.69 Å². The van der Waals surface area contributed by atoms with E-state index in [2.05, 4.69) is 16.3 Å². The van der Waals surface area contributed by atoms with Crippen LogP contribution in [0, 0.1) is 17.0 Å². The average Bonchev–Trinajstić information content (AvgIpc) is 3.06. The second-order valence-electron chi connectivity index (χ2n) is 6.93. The number of aromatic hydroxyl groups is 2. The van der Waals surface area contributed by atoms with Crippen LogP contribution < -0.4 is 4.80 Å². The Kier molecular flexibility index (Phi) is 5.50. The number of phenolic OH excluding ortho intramolecular Hbond substituents is 2. The van der Waals surface area contributed by atoms with Crippen molar-refractivity contribution in [3.8, 4) is 11.5 Å². The van der Waals surface area contributed by atoms with E-state index in [-0.39, 0.29) is 11.3 Å². The molecule has 0 aliphatic rings. The number of aryl methyl sites for hydroxylation is 1. The second-order valence-corrected chi connectivity index (χ2v) is 7.94. The number of phenols is 2. The SMILES string of the molecule is Cc1ccc2c(c1)s/c(=N\N=C\c1cc([N+](=O)[O-])c(O)cc1O)n2Cc1ccccc1. The van der Waals surface area contributed by atoms with Gasteiger partial charge in [-0.25, -0.2) is 0 Å².